The average molecular weight is 383 g/mol. The summed E-state index contributed by atoms with van der Waals surface area (Å²) in [6.07, 6.45) is 0.823. The minimum Gasteiger partial charge on any atom is -0.483 e. The molecule has 6 nitrogen and oxygen atoms in total. The molecule has 7 heteroatoms. The van der Waals surface area contributed by atoms with Crippen molar-refractivity contribution in [1.29, 1.82) is 0 Å². The topological polar surface area (TPSA) is 64.9 Å². The van der Waals surface area contributed by atoms with Crippen LogP contribution in [0.5, 0.6) is 11.5 Å². The summed E-state index contributed by atoms with van der Waals surface area (Å²) in [5.41, 5.74) is 4.48. The van der Waals surface area contributed by atoms with E-state index in [0.29, 0.717) is 5.75 Å². The average Bonchev–Trinajstić information content (AvgIpc) is 3.13. The van der Waals surface area contributed by atoms with E-state index in [4.69, 9.17) is 9.47 Å². The van der Waals surface area contributed by atoms with E-state index in [1.807, 2.05) is 67.9 Å². The zero-order valence-corrected chi connectivity index (χ0v) is 16.3. The SMILES string of the molecule is Cn1/c(=N\NC(=O)COc2cccc3c2OC(C)(C)C3)sc2ccccc21. The number of benzene rings is 2. The van der Waals surface area contributed by atoms with Gasteiger partial charge >= 0.3 is 0 Å². The smallest absolute Gasteiger partial charge is 0.278 e. The lowest BCUT2D eigenvalue weighted by atomic mass is 10.0. The Bertz CT molecular complexity index is 1080. The van der Waals surface area contributed by atoms with Crippen molar-refractivity contribution in [3.05, 3.63) is 52.8 Å². The number of nitrogens with one attached hydrogen (secondary N) is 1. The molecule has 0 saturated carbocycles. The first-order valence-corrected chi connectivity index (χ1v) is 9.55. The van der Waals surface area contributed by atoms with Crippen molar-refractivity contribution in [2.75, 3.05) is 6.61 Å². The monoisotopic (exact) mass is 383 g/mol. The second kappa shape index (κ2) is 6.74. The van der Waals surface area contributed by atoms with Crippen LogP contribution in [-0.2, 0) is 18.3 Å². The van der Waals surface area contributed by atoms with Gasteiger partial charge in [-0.25, -0.2) is 5.43 Å². The molecule has 0 fully saturated rings. The van der Waals surface area contributed by atoms with Crippen molar-refractivity contribution >= 4 is 27.5 Å². The third-order valence-electron chi connectivity index (χ3n) is 4.40. The summed E-state index contributed by atoms with van der Waals surface area (Å²) in [7, 11) is 1.92. The Kier molecular flexibility index (Phi) is 4.39. The van der Waals surface area contributed by atoms with Crippen molar-refractivity contribution < 1.29 is 14.3 Å². The normalized spacial score (nSPS) is 15.4. The molecule has 140 valence electrons. The van der Waals surface area contributed by atoms with Gasteiger partial charge in [-0.1, -0.05) is 35.6 Å². The molecule has 0 atom stereocenters. The fourth-order valence-electron chi connectivity index (χ4n) is 3.18. The Balaban J connectivity index is 1.44. The minimum absolute atomic E-state index is 0.127. The zero-order chi connectivity index (χ0) is 19.0. The maximum Gasteiger partial charge on any atom is 0.278 e. The van der Waals surface area contributed by atoms with E-state index >= 15 is 0 Å². The van der Waals surface area contributed by atoms with Crippen molar-refractivity contribution in [3.8, 4) is 11.5 Å². The number of para-hydroxylation sites is 2. The summed E-state index contributed by atoms with van der Waals surface area (Å²) in [5, 5.41) is 4.22. The number of aromatic nitrogens is 1. The van der Waals surface area contributed by atoms with E-state index in [1.54, 1.807) is 0 Å². The number of rotatable bonds is 4. The van der Waals surface area contributed by atoms with Gasteiger partial charge in [-0.15, -0.1) is 5.10 Å². The molecule has 0 saturated heterocycles. The molecule has 1 aliphatic rings. The summed E-state index contributed by atoms with van der Waals surface area (Å²) >= 11 is 1.52. The van der Waals surface area contributed by atoms with E-state index < -0.39 is 0 Å². The third-order valence-corrected chi connectivity index (χ3v) is 5.52. The van der Waals surface area contributed by atoms with Crippen molar-refractivity contribution in [1.82, 2.24) is 9.99 Å². The summed E-state index contributed by atoms with van der Waals surface area (Å²) in [6.45, 7) is 3.94. The van der Waals surface area contributed by atoms with Gasteiger partial charge in [0.25, 0.3) is 5.91 Å². The van der Waals surface area contributed by atoms with Crippen LogP contribution in [0.1, 0.15) is 19.4 Å². The highest BCUT2D eigenvalue weighted by Crippen LogP contribution is 2.41. The standard InChI is InChI=1S/C20H21N3O3S/c1-20(2)11-13-7-6-9-15(18(13)26-20)25-12-17(24)21-22-19-23(3)14-8-4-5-10-16(14)27-19/h4-10H,11-12H2,1-3H3,(H,21,24)/b22-19+. The molecular formula is C20H21N3O3S. The summed E-state index contributed by atoms with van der Waals surface area (Å²) in [5.74, 6) is 0.992. The number of carbonyl (C=O) groups is 1. The fraction of sp³-hybridized carbons (Fsp3) is 0.300. The Morgan fingerprint density at radius 1 is 1.30 bits per heavy atom. The van der Waals surface area contributed by atoms with Crippen LogP contribution in [0, 0.1) is 0 Å². The number of hydrogen-bond acceptors (Lipinski definition) is 5. The number of fused-ring (bicyclic) bond motifs is 2. The Hall–Kier alpha value is -2.80. The van der Waals surface area contributed by atoms with E-state index in [9.17, 15) is 4.79 Å². The van der Waals surface area contributed by atoms with Crippen LogP contribution >= 0.6 is 11.3 Å². The van der Waals surface area contributed by atoms with E-state index in [0.717, 1.165) is 32.8 Å². The molecule has 0 spiro atoms. The van der Waals surface area contributed by atoms with E-state index in [1.165, 1.54) is 11.3 Å². The fourth-order valence-corrected chi connectivity index (χ4v) is 4.15. The number of thiazole rings is 1. The summed E-state index contributed by atoms with van der Waals surface area (Å²) in [6, 6.07) is 13.8. The number of amides is 1. The quantitative estimate of drug-likeness (QED) is 0.705. The molecule has 0 radical (unpaired) electrons. The van der Waals surface area contributed by atoms with Crippen LogP contribution in [0.15, 0.2) is 47.6 Å². The Morgan fingerprint density at radius 2 is 2.11 bits per heavy atom. The number of ether oxygens (including phenoxy) is 2. The Morgan fingerprint density at radius 3 is 2.93 bits per heavy atom. The molecule has 0 bridgehead atoms. The predicted molar refractivity (Wildman–Crippen MR) is 105 cm³/mol. The van der Waals surface area contributed by atoms with Crippen molar-refractivity contribution in [2.45, 2.75) is 25.9 Å². The van der Waals surface area contributed by atoms with Gasteiger partial charge in [0.2, 0.25) is 4.80 Å². The van der Waals surface area contributed by atoms with Crippen LogP contribution in [0.25, 0.3) is 10.2 Å². The number of hydrogen-bond donors (Lipinski definition) is 1. The molecule has 0 unspecified atom stereocenters. The van der Waals surface area contributed by atoms with Crippen LogP contribution in [0.3, 0.4) is 0 Å². The highest BCUT2D eigenvalue weighted by Gasteiger charge is 2.32. The molecule has 2 aromatic carbocycles. The van der Waals surface area contributed by atoms with E-state index in [2.05, 4.69) is 10.5 Å². The third kappa shape index (κ3) is 3.55. The molecule has 1 N–H and O–H groups in total. The van der Waals surface area contributed by atoms with Gasteiger partial charge in [-0.3, -0.25) is 4.79 Å². The molecule has 3 aromatic rings. The van der Waals surface area contributed by atoms with Crippen molar-refractivity contribution in [2.24, 2.45) is 12.1 Å². The highest BCUT2D eigenvalue weighted by molar-refractivity contribution is 7.16. The van der Waals surface area contributed by atoms with Crippen LogP contribution in [0.2, 0.25) is 0 Å². The van der Waals surface area contributed by atoms with Gasteiger partial charge in [-0.2, -0.15) is 0 Å². The molecule has 4 rings (SSSR count). The van der Waals surface area contributed by atoms with Crippen LogP contribution in [-0.4, -0.2) is 22.7 Å². The lowest BCUT2D eigenvalue weighted by Gasteiger charge is -2.18. The van der Waals surface area contributed by atoms with E-state index in [-0.39, 0.29) is 18.1 Å². The maximum absolute atomic E-state index is 12.2. The van der Waals surface area contributed by atoms with Gasteiger partial charge < -0.3 is 14.0 Å². The zero-order valence-electron chi connectivity index (χ0n) is 15.5. The largest absolute Gasteiger partial charge is 0.483 e. The predicted octanol–water partition coefficient (Wildman–Crippen LogP) is 2.96. The van der Waals surface area contributed by atoms with Gasteiger partial charge in [0.15, 0.2) is 18.1 Å². The molecule has 27 heavy (non-hydrogen) atoms. The second-order valence-corrected chi connectivity index (χ2v) is 8.14. The van der Waals surface area contributed by atoms with Gasteiger partial charge in [-0.05, 0) is 32.0 Å². The molecule has 1 aliphatic heterocycles. The lowest BCUT2D eigenvalue weighted by molar-refractivity contribution is -0.123. The van der Waals surface area contributed by atoms with Gasteiger partial charge in [0, 0.05) is 19.0 Å². The van der Waals surface area contributed by atoms with Crippen LogP contribution in [0.4, 0.5) is 0 Å². The molecule has 1 aromatic heterocycles. The maximum atomic E-state index is 12.2. The summed E-state index contributed by atoms with van der Waals surface area (Å²) in [4.78, 5) is 12.9. The first kappa shape index (κ1) is 17.6. The Labute approximate surface area is 161 Å². The number of carbonyl (C=O) groups excluding carboxylic acids is 1. The van der Waals surface area contributed by atoms with Gasteiger partial charge in [0.05, 0.1) is 10.2 Å². The molecular weight excluding hydrogens is 362 g/mol. The lowest BCUT2D eigenvalue weighted by Crippen LogP contribution is -2.28. The van der Waals surface area contributed by atoms with Crippen LogP contribution < -0.4 is 19.7 Å². The number of nitrogens with zero attached hydrogens (tertiary/aromatic N) is 2. The minimum atomic E-state index is -0.317. The van der Waals surface area contributed by atoms with Gasteiger partial charge in [0.1, 0.15) is 5.60 Å². The number of aryl methyl sites for hydroxylation is 1. The first-order chi connectivity index (χ1) is 12.9. The van der Waals surface area contributed by atoms with Crippen molar-refractivity contribution in [3.63, 3.8) is 0 Å². The molecule has 1 amide bonds. The first-order valence-electron chi connectivity index (χ1n) is 8.74. The molecule has 0 aliphatic carbocycles. The second-order valence-electron chi connectivity index (χ2n) is 7.13. The molecule has 2 heterocycles. The summed E-state index contributed by atoms with van der Waals surface area (Å²) < 4.78 is 14.7. The highest BCUT2D eigenvalue weighted by atomic mass is 32.1.